The molecule has 2 aliphatic rings. The average molecular weight is 452 g/mol. The van der Waals surface area contributed by atoms with E-state index in [2.05, 4.69) is 13.5 Å². The lowest BCUT2D eigenvalue weighted by Crippen LogP contribution is -2.62. The molecule has 11 heteroatoms. The molecule has 0 amide bonds. The van der Waals surface area contributed by atoms with Gasteiger partial charge in [0.05, 0.1) is 19.3 Å². The summed E-state index contributed by atoms with van der Waals surface area (Å²) >= 11 is 0. The van der Waals surface area contributed by atoms with Crippen LogP contribution in [0.3, 0.4) is 0 Å². The molecule has 2 heterocycles. The van der Waals surface area contributed by atoms with Crippen LogP contribution in [0, 0.1) is 0 Å². The number of aliphatic hydroxyl groups is 7. The first-order valence-corrected chi connectivity index (χ1v) is 10.6. The van der Waals surface area contributed by atoms with Crippen LogP contribution >= 0.6 is 0 Å². The van der Waals surface area contributed by atoms with E-state index in [0.29, 0.717) is 6.42 Å². The van der Waals surface area contributed by atoms with Crippen molar-refractivity contribution in [1.29, 1.82) is 0 Å². The summed E-state index contributed by atoms with van der Waals surface area (Å²) in [7, 11) is 0. The Hall–Kier alpha value is -0.700. The van der Waals surface area contributed by atoms with Crippen LogP contribution in [0.15, 0.2) is 12.7 Å². The summed E-state index contributed by atoms with van der Waals surface area (Å²) in [5.74, 6) is 0. The third kappa shape index (κ3) is 6.65. The largest absolute Gasteiger partial charge is 0.394 e. The quantitative estimate of drug-likeness (QED) is 0.133. The first-order chi connectivity index (χ1) is 14.7. The molecule has 11 nitrogen and oxygen atoms in total. The monoisotopic (exact) mass is 452 g/mol. The zero-order valence-electron chi connectivity index (χ0n) is 17.6. The summed E-state index contributed by atoms with van der Waals surface area (Å²) in [5.41, 5.74) is 0. The molecule has 0 unspecified atom stereocenters. The van der Waals surface area contributed by atoms with Gasteiger partial charge in [-0.15, -0.1) is 6.58 Å². The van der Waals surface area contributed by atoms with Gasteiger partial charge >= 0.3 is 0 Å². The van der Waals surface area contributed by atoms with Gasteiger partial charge in [-0.25, -0.2) is 0 Å². The van der Waals surface area contributed by atoms with Crippen molar-refractivity contribution in [3.63, 3.8) is 0 Å². The topological polar surface area (TPSA) is 179 Å². The molecule has 0 aromatic heterocycles. The van der Waals surface area contributed by atoms with E-state index >= 15 is 0 Å². The van der Waals surface area contributed by atoms with E-state index in [1.54, 1.807) is 6.08 Å². The van der Waals surface area contributed by atoms with E-state index in [9.17, 15) is 35.7 Å². The van der Waals surface area contributed by atoms with Crippen molar-refractivity contribution < 1.29 is 54.7 Å². The fraction of sp³-hybridized carbons (Fsp3) is 0.900. The first kappa shape index (κ1) is 26.6. The second kappa shape index (κ2) is 12.5. The number of ether oxygens (including phenoxy) is 4. The third-order valence-electron chi connectivity index (χ3n) is 5.61. The zero-order chi connectivity index (χ0) is 23.1. The van der Waals surface area contributed by atoms with E-state index in [1.807, 2.05) is 0 Å². The number of rotatable bonds is 11. The van der Waals surface area contributed by atoms with Crippen molar-refractivity contribution in [3.05, 3.63) is 12.7 Å². The second-order valence-electron chi connectivity index (χ2n) is 7.95. The number of aliphatic hydroxyl groups excluding tert-OH is 7. The molecule has 0 radical (unpaired) electrons. The fourth-order valence-corrected chi connectivity index (χ4v) is 3.57. The van der Waals surface area contributed by atoms with Crippen LogP contribution in [-0.2, 0) is 18.9 Å². The van der Waals surface area contributed by atoms with Gasteiger partial charge in [0.25, 0.3) is 0 Å². The summed E-state index contributed by atoms with van der Waals surface area (Å²) in [5, 5.41) is 69.6. The molecule has 31 heavy (non-hydrogen) atoms. The van der Waals surface area contributed by atoms with Crippen LogP contribution in [0.2, 0.25) is 0 Å². The van der Waals surface area contributed by atoms with E-state index in [1.165, 1.54) is 0 Å². The maximum atomic E-state index is 10.3. The van der Waals surface area contributed by atoms with Crippen molar-refractivity contribution in [2.24, 2.45) is 0 Å². The maximum absolute atomic E-state index is 10.3. The number of hydrogen-bond acceptors (Lipinski definition) is 11. The maximum Gasteiger partial charge on any atom is 0.187 e. The molecule has 0 aliphatic carbocycles. The van der Waals surface area contributed by atoms with Gasteiger partial charge in [-0.3, -0.25) is 0 Å². The highest BCUT2D eigenvalue weighted by atomic mass is 16.7. The Morgan fingerprint density at radius 1 is 0.839 bits per heavy atom. The molecule has 0 saturated carbocycles. The van der Waals surface area contributed by atoms with Crippen molar-refractivity contribution >= 4 is 0 Å². The van der Waals surface area contributed by atoms with Gasteiger partial charge in [-0.05, 0) is 6.42 Å². The van der Waals surface area contributed by atoms with E-state index in [-0.39, 0.29) is 0 Å². The minimum absolute atomic E-state index is 0.401. The molecule has 2 aliphatic heterocycles. The van der Waals surface area contributed by atoms with Crippen molar-refractivity contribution in [1.82, 2.24) is 0 Å². The molecular weight excluding hydrogens is 416 g/mol. The summed E-state index contributed by atoms with van der Waals surface area (Å²) in [6.07, 6.45) is -9.69. The molecule has 0 spiro atoms. The Balaban J connectivity index is 1.97. The minimum Gasteiger partial charge on any atom is -0.394 e. The van der Waals surface area contributed by atoms with Crippen LogP contribution in [0.4, 0.5) is 0 Å². The minimum atomic E-state index is -1.62. The van der Waals surface area contributed by atoms with E-state index in [0.717, 1.165) is 19.3 Å². The highest BCUT2D eigenvalue weighted by Gasteiger charge is 2.47. The van der Waals surface area contributed by atoms with Gasteiger partial charge in [-0.1, -0.05) is 32.3 Å². The Labute approximate surface area is 181 Å². The van der Waals surface area contributed by atoms with Gasteiger partial charge in [0.15, 0.2) is 12.6 Å². The highest BCUT2D eigenvalue weighted by molar-refractivity contribution is 4.92. The Morgan fingerprint density at radius 3 is 2.00 bits per heavy atom. The second-order valence-corrected chi connectivity index (χ2v) is 7.95. The lowest BCUT2D eigenvalue weighted by molar-refractivity contribution is -0.334. The molecule has 7 N–H and O–H groups in total. The molecule has 182 valence electrons. The van der Waals surface area contributed by atoms with Crippen LogP contribution < -0.4 is 0 Å². The lowest BCUT2D eigenvalue weighted by Gasteiger charge is -2.43. The summed E-state index contributed by atoms with van der Waals surface area (Å²) in [6, 6.07) is 0. The zero-order valence-corrected chi connectivity index (χ0v) is 17.6. The molecule has 2 saturated heterocycles. The van der Waals surface area contributed by atoms with Crippen LogP contribution in [0.5, 0.6) is 0 Å². The van der Waals surface area contributed by atoms with Gasteiger partial charge in [0.2, 0.25) is 0 Å². The van der Waals surface area contributed by atoms with Crippen LogP contribution in [-0.4, -0.2) is 116 Å². The van der Waals surface area contributed by atoms with Crippen LogP contribution in [0.1, 0.15) is 32.6 Å². The van der Waals surface area contributed by atoms with E-state index < -0.39 is 80.7 Å². The normalized spacial score (nSPS) is 42.3. The molecular formula is C20H36O11. The summed E-state index contributed by atoms with van der Waals surface area (Å²) in [6.45, 7) is 4.76. The van der Waals surface area contributed by atoms with Crippen molar-refractivity contribution in [2.75, 3.05) is 13.2 Å². The third-order valence-corrected chi connectivity index (χ3v) is 5.61. The van der Waals surface area contributed by atoms with Gasteiger partial charge in [-0.2, -0.15) is 0 Å². The fourth-order valence-electron chi connectivity index (χ4n) is 3.57. The van der Waals surface area contributed by atoms with E-state index in [4.69, 9.17) is 18.9 Å². The number of unbranched alkanes of at least 4 members (excludes halogenated alkanes) is 2. The Morgan fingerprint density at radius 2 is 1.42 bits per heavy atom. The van der Waals surface area contributed by atoms with Gasteiger partial charge in [0.1, 0.15) is 48.8 Å². The standard InChI is InChI=1S/C20H36O11/c1-3-5-6-7-10(4-2)29-20-18(27)16(25)14(23)12(31-20)9-28-19-17(26)15(24)13(22)11(8-21)30-19/h4,10-27H,2-3,5-9H2,1H3/t10-,11+,12+,13+,14+,15-,16-,17+,18+,19+,20+/m0/s1. The van der Waals surface area contributed by atoms with Crippen LogP contribution in [0.25, 0.3) is 0 Å². The Kier molecular flexibility index (Phi) is 10.7. The number of hydrogen-bond donors (Lipinski definition) is 7. The summed E-state index contributed by atoms with van der Waals surface area (Å²) in [4.78, 5) is 0. The molecule has 0 aromatic rings. The molecule has 2 rings (SSSR count). The van der Waals surface area contributed by atoms with Gasteiger partial charge < -0.3 is 54.7 Å². The predicted molar refractivity (Wildman–Crippen MR) is 106 cm³/mol. The molecule has 2 fully saturated rings. The molecule has 11 atom stereocenters. The SMILES string of the molecule is C=C[C@@H](CCCCC)O[C@@H]1O[C@H](CO[C@@H]2O[C@H](CO)[C@@H](O)[C@H](O)[C@H]2O)[C@@H](O)[C@H](O)[C@H]1O. The first-order valence-electron chi connectivity index (χ1n) is 10.6. The smallest absolute Gasteiger partial charge is 0.187 e. The van der Waals surface area contributed by atoms with Gasteiger partial charge in [0, 0.05) is 0 Å². The average Bonchev–Trinajstić information content (AvgIpc) is 2.77. The van der Waals surface area contributed by atoms with Crippen molar-refractivity contribution in [3.8, 4) is 0 Å². The predicted octanol–water partition coefficient (Wildman–Crippen LogP) is -2.24. The lowest BCUT2D eigenvalue weighted by atomic mass is 9.98. The molecule has 0 aromatic carbocycles. The molecule has 0 bridgehead atoms. The highest BCUT2D eigenvalue weighted by Crippen LogP contribution is 2.27. The Bertz CT molecular complexity index is 533. The van der Waals surface area contributed by atoms with Crippen molar-refractivity contribution in [2.45, 2.75) is 100 Å². The summed E-state index contributed by atoms with van der Waals surface area (Å²) < 4.78 is 22.0.